The summed E-state index contributed by atoms with van der Waals surface area (Å²) in [5.41, 5.74) is 0. The van der Waals surface area contributed by atoms with E-state index in [4.69, 9.17) is 5.11 Å². The normalized spacial score (nSPS) is 10.9. The van der Waals surface area contributed by atoms with Crippen molar-refractivity contribution in [2.24, 2.45) is 0 Å². The zero-order valence-electron chi connectivity index (χ0n) is 8.27. The molecule has 0 heterocycles. The Labute approximate surface area is 94.8 Å². The second-order valence-corrected chi connectivity index (χ2v) is 3.16. The lowest BCUT2D eigenvalue weighted by molar-refractivity contribution is -0.140. The number of ether oxygens (including phenoxy) is 1. The van der Waals surface area contributed by atoms with E-state index in [1.807, 2.05) is 0 Å². The van der Waals surface area contributed by atoms with Gasteiger partial charge < -0.3 is 9.84 Å². The highest BCUT2D eigenvalue weighted by Gasteiger charge is 2.06. The predicted molar refractivity (Wildman–Crippen MR) is 61.2 cm³/mol. The molecular weight excluding hydrogens is 224 g/mol. The van der Waals surface area contributed by atoms with E-state index in [0.29, 0.717) is 13.0 Å². The number of esters is 1. The van der Waals surface area contributed by atoms with Crippen LogP contribution in [0.2, 0.25) is 0 Å². The molecule has 0 fully saturated rings. The Morgan fingerprint density at radius 2 is 1.93 bits per heavy atom. The molecular formula is C8H16O4S2. The molecule has 14 heavy (non-hydrogen) atoms. The first-order valence-corrected chi connectivity index (χ1v) is 5.31. The Kier molecular flexibility index (Phi) is 12.3. The minimum absolute atomic E-state index is 0.174. The average molecular weight is 240 g/mol. The fourth-order valence-electron chi connectivity index (χ4n) is 0.381. The van der Waals surface area contributed by atoms with Crippen LogP contribution in [0.3, 0.4) is 0 Å². The summed E-state index contributed by atoms with van der Waals surface area (Å²) in [7, 11) is 0. The minimum Gasteiger partial charge on any atom is -0.480 e. The van der Waals surface area contributed by atoms with Crippen molar-refractivity contribution >= 4 is 37.2 Å². The van der Waals surface area contributed by atoms with Gasteiger partial charge in [-0.15, -0.1) is 0 Å². The smallest absolute Gasteiger partial charge is 0.316 e. The van der Waals surface area contributed by atoms with Gasteiger partial charge in [-0.1, -0.05) is 6.92 Å². The van der Waals surface area contributed by atoms with Crippen LogP contribution >= 0.6 is 25.3 Å². The van der Waals surface area contributed by atoms with Crippen molar-refractivity contribution < 1.29 is 19.4 Å². The van der Waals surface area contributed by atoms with Crippen LogP contribution in [0.1, 0.15) is 20.3 Å². The summed E-state index contributed by atoms with van der Waals surface area (Å²) in [4.78, 5) is 20.0. The summed E-state index contributed by atoms with van der Waals surface area (Å²) >= 11 is 7.40. The molecule has 84 valence electrons. The Bertz CT molecular complexity index is 171. The zero-order chi connectivity index (χ0) is 11.6. The molecule has 0 rings (SSSR count). The summed E-state index contributed by atoms with van der Waals surface area (Å²) in [5.74, 6) is -0.926. The number of rotatable bonds is 4. The first kappa shape index (κ1) is 16.1. The summed E-state index contributed by atoms with van der Waals surface area (Å²) < 4.78 is 4.48. The van der Waals surface area contributed by atoms with Gasteiger partial charge in [0.05, 0.1) is 17.6 Å². The van der Waals surface area contributed by atoms with Crippen molar-refractivity contribution in [3.63, 3.8) is 0 Å². The Balaban J connectivity index is 0. The van der Waals surface area contributed by atoms with Gasteiger partial charge in [-0.25, -0.2) is 0 Å². The van der Waals surface area contributed by atoms with Gasteiger partial charge >= 0.3 is 11.9 Å². The van der Waals surface area contributed by atoms with Crippen molar-refractivity contribution in [3.05, 3.63) is 0 Å². The highest BCUT2D eigenvalue weighted by Crippen LogP contribution is 1.97. The van der Waals surface area contributed by atoms with Gasteiger partial charge in [0.1, 0.15) is 0 Å². The lowest BCUT2D eigenvalue weighted by Gasteiger charge is -1.95. The summed E-state index contributed by atoms with van der Waals surface area (Å²) in [5, 5.41) is 7.62. The highest BCUT2D eigenvalue weighted by molar-refractivity contribution is 7.81. The van der Waals surface area contributed by atoms with E-state index in [0.717, 1.165) is 0 Å². The molecule has 0 saturated heterocycles. The van der Waals surface area contributed by atoms with Crippen LogP contribution in [0.25, 0.3) is 0 Å². The van der Waals surface area contributed by atoms with Gasteiger partial charge in [0, 0.05) is 0 Å². The molecule has 0 aromatic heterocycles. The van der Waals surface area contributed by atoms with Gasteiger partial charge in [0.25, 0.3) is 0 Å². The fraction of sp³-hybridized carbons (Fsp3) is 0.750. The van der Waals surface area contributed by atoms with Crippen molar-refractivity contribution in [2.75, 3.05) is 12.4 Å². The first-order valence-electron chi connectivity index (χ1n) is 4.16. The van der Waals surface area contributed by atoms with Gasteiger partial charge in [-0.3, -0.25) is 9.59 Å². The number of carboxylic acids is 1. The molecule has 0 bridgehead atoms. The Morgan fingerprint density at radius 1 is 1.43 bits per heavy atom. The molecule has 0 aliphatic heterocycles. The molecule has 0 radical (unpaired) electrons. The zero-order valence-corrected chi connectivity index (χ0v) is 10.1. The van der Waals surface area contributed by atoms with Crippen LogP contribution in [0.4, 0.5) is 0 Å². The molecule has 0 saturated carbocycles. The monoisotopic (exact) mass is 240 g/mol. The van der Waals surface area contributed by atoms with Gasteiger partial charge in [-0.05, 0) is 13.3 Å². The minimum atomic E-state index is -0.842. The van der Waals surface area contributed by atoms with Crippen LogP contribution < -0.4 is 0 Å². The van der Waals surface area contributed by atoms with Gasteiger partial charge in [-0.2, -0.15) is 25.3 Å². The van der Waals surface area contributed by atoms with Crippen LogP contribution in [-0.4, -0.2) is 34.7 Å². The molecule has 4 nitrogen and oxygen atoms in total. The number of carbonyl (C=O) groups excluding carboxylic acids is 1. The van der Waals surface area contributed by atoms with E-state index >= 15 is 0 Å². The lowest BCUT2D eigenvalue weighted by atomic mass is 10.3. The third-order valence-corrected chi connectivity index (χ3v) is 1.95. The maximum atomic E-state index is 10.1. The molecule has 0 aliphatic carbocycles. The average Bonchev–Trinajstić information content (AvgIpc) is 2.17. The van der Waals surface area contributed by atoms with Gasteiger partial charge in [0.15, 0.2) is 0 Å². The highest BCUT2D eigenvalue weighted by atomic mass is 32.1. The van der Waals surface area contributed by atoms with Crippen molar-refractivity contribution in [3.8, 4) is 0 Å². The van der Waals surface area contributed by atoms with E-state index in [1.54, 1.807) is 13.8 Å². The fourth-order valence-corrected chi connectivity index (χ4v) is 0.473. The number of hydrogen-bond acceptors (Lipinski definition) is 5. The van der Waals surface area contributed by atoms with Crippen LogP contribution in [0.5, 0.6) is 0 Å². The molecule has 1 unspecified atom stereocenters. The van der Waals surface area contributed by atoms with Crippen LogP contribution in [-0.2, 0) is 14.3 Å². The second-order valence-electron chi connectivity index (χ2n) is 2.23. The topological polar surface area (TPSA) is 63.6 Å². The van der Waals surface area contributed by atoms with Crippen LogP contribution in [0.15, 0.2) is 0 Å². The SMILES string of the molecule is CCC(S)C(=O)O.CCOC(=O)CS. The van der Waals surface area contributed by atoms with Crippen LogP contribution in [0, 0.1) is 0 Å². The number of carbonyl (C=O) groups is 2. The summed E-state index contributed by atoms with van der Waals surface area (Å²) in [6.07, 6.45) is 0.582. The number of hydrogen-bond donors (Lipinski definition) is 3. The maximum absolute atomic E-state index is 10.1. The third kappa shape index (κ3) is 11.6. The van der Waals surface area contributed by atoms with E-state index in [9.17, 15) is 9.59 Å². The lowest BCUT2D eigenvalue weighted by Crippen LogP contribution is -2.10. The van der Waals surface area contributed by atoms with E-state index in [1.165, 1.54) is 0 Å². The molecule has 1 N–H and O–H groups in total. The van der Waals surface area contributed by atoms with Crippen molar-refractivity contribution in [1.29, 1.82) is 0 Å². The maximum Gasteiger partial charge on any atom is 0.316 e. The molecule has 0 aliphatic rings. The van der Waals surface area contributed by atoms with E-state index in [2.05, 4.69) is 30.0 Å². The van der Waals surface area contributed by atoms with E-state index < -0.39 is 11.2 Å². The summed E-state index contributed by atoms with van der Waals surface area (Å²) in [6, 6.07) is 0. The van der Waals surface area contributed by atoms with Crippen molar-refractivity contribution in [1.82, 2.24) is 0 Å². The largest absolute Gasteiger partial charge is 0.480 e. The molecule has 6 heteroatoms. The number of thiol groups is 2. The Morgan fingerprint density at radius 3 is 2.00 bits per heavy atom. The Hall–Kier alpha value is -0.360. The molecule has 0 aromatic rings. The first-order chi connectivity index (χ1) is 6.49. The molecule has 0 amide bonds. The number of carboxylic acid groups (broad SMARTS) is 1. The quantitative estimate of drug-likeness (QED) is 0.511. The number of aliphatic carboxylic acids is 1. The third-order valence-electron chi connectivity index (χ3n) is 1.11. The predicted octanol–water partition coefficient (Wildman–Crippen LogP) is 1.26. The second kappa shape index (κ2) is 10.7. The van der Waals surface area contributed by atoms with Crippen molar-refractivity contribution in [2.45, 2.75) is 25.5 Å². The van der Waals surface area contributed by atoms with E-state index in [-0.39, 0.29) is 11.7 Å². The standard InChI is InChI=1S/2C4H8O2S/c1-2-6-4(5)3-7;1-2-3(7)4(5)6/h7H,2-3H2,1H3;3,7H,2H2,1H3,(H,5,6). The molecule has 0 aromatic carbocycles. The van der Waals surface area contributed by atoms with Gasteiger partial charge in [0.2, 0.25) is 0 Å². The summed E-state index contributed by atoms with van der Waals surface area (Å²) in [6.45, 7) is 3.99. The molecule has 0 spiro atoms. The molecule has 1 atom stereocenters.